The number of hydrogen-bond acceptors (Lipinski definition) is 4. The van der Waals surface area contributed by atoms with E-state index in [1.54, 1.807) is 30.3 Å². The van der Waals surface area contributed by atoms with Crippen molar-refractivity contribution >= 4 is 26.0 Å². The average molecular weight is 452 g/mol. The van der Waals surface area contributed by atoms with Crippen LogP contribution < -0.4 is 0 Å². The highest BCUT2D eigenvalue weighted by molar-refractivity contribution is 9.10. The maximum Gasteiger partial charge on any atom is 0.243 e. The van der Waals surface area contributed by atoms with Crippen LogP contribution in [0.4, 0.5) is 4.39 Å². The van der Waals surface area contributed by atoms with Crippen molar-refractivity contribution in [3.8, 4) is 6.07 Å². The summed E-state index contributed by atoms with van der Waals surface area (Å²) in [4.78, 5) is 2.19. The molecule has 1 aliphatic heterocycles. The first-order valence-electron chi connectivity index (χ1n) is 8.48. The van der Waals surface area contributed by atoms with E-state index in [1.807, 2.05) is 11.8 Å². The fraction of sp³-hybridized carbons (Fsp3) is 0.316. The summed E-state index contributed by atoms with van der Waals surface area (Å²) in [5.41, 5.74) is 1.56. The number of nitrogens with zero attached hydrogens (tertiary/aromatic N) is 3. The van der Waals surface area contributed by atoms with Crippen molar-refractivity contribution in [1.82, 2.24) is 9.21 Å². The molecular weight excluding hydrogens is 433 g/mol. The summed E-state index contributed by atoms with van der Waals surface area (Å²) in [5.74, 6) is -0.351. The van der Waals surface area contributed by atoms with Gasteiger partial charge in [0.2, 0.25) is 10.0 Å². The molecule has 0 bridgehead atoms. The highest BCUT2D eigenvalue weighted by Crippen LogP contribution is 2.26. The van der Waals surface area contributed by atoms with Crippen LogP contribution in [0, 0.1) is 24.1 Å². The summed E-state index contributed by atoms with van der Waals surface area (Å²) < 4.78 is 41.2. The predicted octanol–water partition coefficient (Wildman–Crippen LogP) is 3.47. The molecule has 1 fully saturated rings. The first-order valence-corrected chi connectivity index (χ1v) is 10.7. The lowest BCUT2D eigenvalue weighted by molar-refractivity contribution is 0.162. The monoisotopic (exact) mass is 451 g/mol. The average Bonchev–Trinajstić information content (AvgIpc) is 2.66. The first kappa shape index (κ1) is 20.0. The molecule has 8 heteroatoms. The molecule has 0 aliphatic carbocycles. The summed E-state index contributed by atoms with van der Waals surface area (Å²) in [6, 6.07) is 12.5. The van der Waals surface area contributed by atoms with Gasteiger partial charge in [-0.15, -0.1) is 0 Å². The second-order valence-corrected chi connectivity index (χ2v) is 9.23. The third-order valence-electron chi connectivity index (χ3n) is 4.71. The first-order chi connectivity index (χ1) is 12.8. The molecule has 5 nitrogen and oxygen atoms in total. The van der Waals surface area contributed by atoms with Gasteiger partial charge in [-0.2, -0.15) is 9.57 Å². The zero-order valence-electron chi connectivity index (χ0n) is 14.8. The van der Waals surface area contributed by atoms with E-state index >= 15 is 0 Å². The third kappa shape index (κ3) is 4.22. The molecule has 0 N–H and O–H groups in total. The van der Waals surface area contributed by atoms with Gasteiger partial charge in [-0.1, -0.05) is 28.1 Å². The summed E-state index contributed by atoms with van der Waals surface area (Å²) in [6.07, 6.45) is 0. The third-order valence-corrected chi connectivity index (χ3v) is 7.50. The van der Waals surface area contributed by atoms with E-state index in [2.05, 4.69) is 22.0 Å². The molecule has 0 aromatic heterocycles. The molecule has 1 heterocycles. The fourth-order valence-electron chi connectivity index (χ4n) is 3.14. The van der Waals surface area contributed by atoms with Gasteiger partial charge in [0.15, 0.2) is 0 Å². The minimum atomic E-state index is -3.57. The normalized spacial score (nSPS) is 17.4. The van der Waals surface area contributed by atoms with E-state index in [-0.39, 0.29) is 10.7 Å². The van der Waals surface area contributed by atoms with Gasteiger partial charge in [-0.05, 0) is 48.4 Å². The Morgan fingerprint density at radius 3 is 2.30 bits per heavy atom. The van der Waals surface area contributed by atoms with E-state index in [0.29, 0.717) is 31.7 Å². The fourth-order valence-corrected chi connectivity index (χ4v) is 4.90. The van der Waals surface area contributed by atoms with Crippen molar-refractivity contribution in [3.05, 3.63) is 63.9 Å². The lowest BCUT2D eigenvalue weighted by Gasteiger charge is -2.36. The smallest absolute Gasteiger partial charge is 0.243 e. The van der Waals surface area contributed by atoms with Crippen LogP contribution >= 0.6 is 15.9 Å². The lowest BCUT2D eigenvalue weighted by Crippen LogP contribution is -2.49. The number of piperazine rings is 1. The highest BCUT2D eigenvalue weighted by atomic mass is 79.9. The molecule has 1 atom stereocenters. The van der Waals surface area contributed by atoms with Crippen LogP contribution in [0.25, 0.3) is 0 Å². The minimum Gasteiger partial charge on any atom is -0.282 e. The van der Waals surface area contributed by atoms with E-state index in [4.69, 9.17) is 0 Å². The van der Waals surface area contributed by atoms with E-state index in [0.717, 1.165) is 10.0 Å². The van der Waals surface area contributed by atoms with Gasteiger partial charge in [0.1, 0.15) is 11.9 Å². The van der Waals surface area contributed by atoms with Crippen molar-refractivity contribution in [1.29, 1.82) is 5.26 Å². The van der Waals surface area contributed by atoms with E-state index in [1.165, 1.54) is 16.4 Å². The Morgan fingerprint density at radius 1 is 1.11 bits per heavy atom. The Kier molecular flexibility index (Phi) is 5.96. The number of hydrogen-bond donors (Lipinski definition) is 0. The quantitative estimate of drug-likeness (QED) is 0.713. The number of aryl methyl sites for hydroxylation is 1. The van der Waals surface area contributed by atoms with Gasteiger partial charge < -0.3 is 0 Å². The van der Waals surface area contributed by atoms with Crippen LogP contribution in [-0.4, -0.2) is 43.8 Å². The topological polar surface area (TPSA) is 64.4 Å². The van der Waals surface area contributed by atoms with Gasteiger partial charge >= 0.3 is 0 Å². The van der Waals surface area contributed by atoms with E-state index in [9.17, 15) is 18.1 Å². The Hall–Kier alpha value is -1.79. The van der Waals surface area contributed by atoms with E-state index < -0.39 is 16.1 Å². The van der Waals surface area contributed by atoms with Crippen LogP contribution in [0.15, 0.2) is 51.8 Å². The van der Waals surface area contributed by atoms with Gasteiger partial charge in [0.05, 0.1) is 11.0 Å². The molecule has 142 valence electrons. The standard InChI is InChI=1S/C19H19BrFN3O2S/c1-14-12-17(6-7-18(14)20)27(25,26)24-10-8-23(9-11-24)19(13-22)15-2-4-16(21)5-3-15/h2-7,12,19H,8-11H2,1H3/t19-/m1/s1. The molecule has 2 aromatic rings. The van der Waals surface area contributed by atoms with Crippen LogP contribution in [0.5, 0.6) is 0 Å². The molecule has 3 rings (SSSR count). The highest BCUT2D eigenvalue weighted by Gasteiger charge is 2.31. The summed E-state index contributed by atoms with van der Waals surface area (Å²) in [5, 5.41) is 9.54. The zero-order chi connectivity index (χ0) is 19.6. The lowest BCUT2D eigenvalue weighted by atomic mass is 10.1. The Balaban J connectivity index is 1.73. The molecule has 0 saturated carbocycles. The van der Waals surface area contributed by atoms with Crippen LogP contribution in [0.2, 0.25) is 0 Å². The summed E-state index contributed by atoms with van der Waals surface area (Å²) in [7, 11) is -3.57. The summed E-state index contributed by atoms with van der Waals surface area (Å²) >= 11 is 3.38. The maximum atomic E-state index is 13.1. The second-order valence-electron chi connectivity index (χ2n) is 6.43. The van der Waals surface area contributed by atoms with Crippen molar-refractivity contribution in [3.63, 3.8) is 0 Å². The predicted molar refractivity (Wildman–Crippen MR) is 104 cm³/mol. The van der Waals surface area contributed by atoms with Crippen molar-refractivity contribution in [2.75, 3.05) is 26.2 Å². The zero-order valence-corrected chi connectivity index (χ0v) is 17.2. The van der Waals surface area contributed by atoms with Crippen LogP contribution in [0.3, 0.4) is 0 Å². The van der Waals surface area contributed by atoms with Crippen molar-refractivity contribution < 1.29 is 12.8 Å². The molecule has 0 radical (unpaired) electrons. The number of rotatable bonds is 4. The number of sulfonamides is 1. The molecule has 0 amide bonds. The van der Waals surface area contributed by atoms with Crippen LogP contribution in [0.1, 0.15) is 17.2 Å². The SMILES string of the molecule is Cc1cc(S(=O)(=O)N2CCN([C@H](C#N)c3ccc(F)cc3)CC2)ccc1Br. The number of nitriles is 1. The molecule has 27 heavy (non-hydrogen) atoms. The number of halogens is 2. The van der Waals surface area contributed by atoms with Gasteiger partial charge in [0, 0.05) is 30.7 Å². The molecule has 0 spiro atoms. The van der Waals surface area contributed by atoms with Crippen molar-refractivity contribution in [2.45, 2.75) is 17.9 Å². The molecular formula is C19H19BrFN3O2S. The maximum absolute atomic E-state index is 13.1. The Morgan fingerprint density at radius 2 is 1.74 bits per heavy atom. The van der Waals surface area contributed by atoms with Gasteiger partial charge in [-0.3, -0.25) is 4.90 Å². The molecule has 1 aliphatic rings. The largest absolute Gasteiger partial charge is 0.282 e. The second kappa shape index (κ2) is 8.07. The Labute approximate surface area is 167 Å². The van der Waals surface area contributed by atoms with Gasteiger partial charge in [0.25, 0.3) is 0 Å². The summed E-state index contributed by atoms with van der Waals surface area (Å²) in [6.45, 7) is 3.32. The molecule has 0 unspecified atom stereocenters. The molecule has 2 aromatic carbocycles. The minimum absolute atomic E-state index is 0.270. The van der Waals surface area contributed by atoms with Gasteiger partial charge in [-0.25, -0.2) is 12.8 Å². The molecule has 1 saturated heterocycles. The Bertz CT molecular complexity index is 965. The number of benzene rings is 2. The van der Waals surface area contributed by atoms with Crippen LogP contribution in [-0.2, 0) is 10.0 Å². The van der Waals surface area contributed by atoms with Crippen molar-refractivity contribution in [2.24, 2.45) is 0 Å².